The van der Waals surface area contributed by atoms with Crippen LogP contribution in [0.1, 0.15) is 39.5 Å². The largest absolute Gasteiger partial charge is 0.411 e. The molecule has 1 rings (SSSR count). The fourth-order valence-electron chi connectivity index (χ4n) is 2.63. The van der Waals surface area contributed by atoms with Crippen LogP contribution in [0.3, 0.4) is 0 Å². The molecule has 0 radical (unpaired) electrons. The van der Waals surface area contributed by atoms with Crippen molar-refractivity contribution in [2.75, 3.05) is 13.2 Å². The molecule has 0 aromatic rings. The quantitative estimate of drug-likeness (QED) is 0.790. The molecule has 7 heteroatoms. The van der Waals surface area contributed by atoms with Crippen molar-refractivity contribution >= 4 is 5.91 Å². The van der Waals surface area contributed by atoms with Gasteiger partial charge in [-0.3, -0.25) is 4.79 Å². The monoisotopic (exact) mass is 310 g/mol. The summed E-state index contributed by atoms with van der Waals surface area (Å²) in [6.07, 6.45) is -2.20. The second-order valence-corrected chi connectivity index (χ2v) is 6.01. The summed E-state index contributed by atoms with van der Waals surface area (Å²) in [5, 5.41) is 2.90. The van der Waals surface area contributed by atoms with Gasteiger partial charge in [0.15, 0.2) is 0 Å². The van der Waals surface area contributed by atoms with E-state index in [1.165, 1.54) is 0 Å². The molecule has 4 nitrogen and oxygen atoms in total. The molecule has 1 aliphatic rings. The van der Waals surface area contributed by atoms with Crippen molar-refractivity contribution in [3.63, 3.8) is 0 Å². The lowest BCUT2D eigenvalue weighted by atomic mass is 9.90. The van der Waals surface area contributed by atoms with Crippen LogP contribution in [0, 0.1) is 11.8 Å². The summed E-state index contributed by atoms with van der Waals surface area (Å²) >= 11 is 0. The van der Waals surface area contributed by atoms with Gasteiger partial charge in [-0.15, -0.1) is 0 Å². The molecule has 0 heterocycles. The van der Waals surface area contributed by atoms with Gasteiger partial charge in [-0.2, -0.15) is 13.2 Å². The average Bonchev–Trinajstić information content (AvgIpc) is 2.36. The zero-order chi connectivity index (χ0) is 16.0. The van der Waals surface area contributed by atoms with Crippen LogP contribution in [0.5, 0.6) is 0 Å². The first-order valence-electron chi connectivity index (χ1n) is 7.41. The maximum Gasteiger partial charge on any atom is 0.411 e. The minimum atomic E-state index is -4.31. The van der Waals surface area contributed by atoms with Gasteiger partial charge in [-0.05, 0) is 31.6 Å². The molecule has 1 fully saturated rings. The highest BCUT2D eigenvalue weighted by Crippen LogP contribution is 2.24. The first kappa shape index (κ1) is 18.2. The standard InChI is InChI=1S/C14H25F3N2O2/c1-9(2)12(7-18)13(20)19-10-4-3-5-11(6-10)21-8-14(15,16)17/h9-12H,3-8,18H2,1-2H3,(H,19,20). The average molecular weight is 310 g/mol. The number of hydrogen-bond donors (Lipinski definition) is 2. The van der Waals surface area contributed by atoms with Gasteiger partial charge in [0.1, 0.15) is 6.61 Å². The lowest BCUT2D eigenvalue weighted by molar-refractivity contribution is -0.188. The highest BCUT2D eigenvalue weighted by Gasteiger charge is 2.32. The third kappa shape index (κ3) is 6.65. The highest BCUT2D eigenvalue weighted by atomic mass is 19.4. The Morgan fingerprint density at radius 2 is 2.05 bits per heavy atom. The summed E-state index contributed by atoms with van der Waals surface area (Å²) in [6, 6.07) is -0.128. The number of carbonyl (C=O) groups excluding carboxylic acids is 1. The van der Waals surface area contributed by atoms with Crippen molar-refractivity contribution in [3.8, 4) is 0 Å². The number of amides is 1. The Balaban J connectivity index is 2.44. The van der Waals surface area contributed by atoms with E-state index in [0.29, 0.717) is 12.8 Å². The highest BCUT2D eigenvalue weighted by molar-refractivity contribution is 5.79. The van der Waals surface area contributed by atoms with Gasteiger partial charge < -0.3 is 15.8 Å². The molecule has 0 aromatic carbocycles. The van der Waals surface area contributed by atoms with E-state index in [2.05, 4.69) is 5.32 Å². The van der Waals surface area contributed by atoms with E-state index in [4.69, 9.17) is 10.5 Å². The minimum Gasteiger partial charge on any atom is -0.369 e. The molecule has 0 bridgehead atoms. The van der Waals surface area contributed by atoms with Crippen molar-refractivity contribution in [3.05, 3.63) is 0 Å². The van der Waals surface area contributed by atoms with Crippen LogP contribution < -0.4 is 11.1 Å². The lowest BCUT2D eigenvalue weighted by Gasteiger charge is -2.31. The maximum absolute atomic E-state index is 12.1. The molecule has 124 valence electrons. The van der Waals surface area contributed by atoms with Gasteiger partial charge >= 0.3 is 6.18 Å². The van der Waals surface area contributed by atoms with E-state index in [-0.39, 0.29) is 30.3 Å². The van der Waals surface area contributed by atoms with Crippen LogP contribution in [0.4, 0.5) is 13.2 Å². The van der Waals surface area contributed by atoms with Crippen LogP contribution in [-0.4, -0.2) is 37.4 Å². The number of carbonyl (C=O) groups is 1. The molecule has 0 aliphatic heterocycles. The van der Waals surface area contributed by atoms with E-state index in [0.717, 1.165) is 12.8 Å². The van der Waals surface area contributed by atoms with Crippen LogP contribution in [0.15, 0.2) is 0 Å². The Hall–Kier alpha value is -0.820. The molecule has 3 atom stereocenters. The van der Waals surface area contributed by atoms with Crippen molar-refractivity contribution in [1.29, 1.82) is 0 Å². The van der Waals surface area contributed by atoms with Gasteiger partial charge in [0.2, 0.25) is 5.91 Å². The second kappa shape index (κ2) is 7.98. The number of ether oxygens (including phenoxy) is 1. The van der Waals surface area contributed by atoms with Crippen LogP contribution in [-0.2, 0) is 9.53 Å². The molecule has 1 aliphatic carbocycles. The Morgan fingerprint density at radius 3 is 2.57 bits per heavy atom. The van der Waals surface area contributed by atoms with Crippen molar-refractivity contribution in [2.45, 2.75) is 57.9 Å². The third-order valence-electron chi connectivity index (χ3n) is 3.85. The first-order chi connectivity index (χ1) is 9.73. The number of hydrogen-bond acceptors (Lipinski definition) is 3. The number of halogens is 3. The SMILES string of the molecule is CC(C)C(CN)C(=O)NC1CCCC(OCC(F)(F)F)C1. The van der Waals surface area contributed by atoms with Crippen LogP contribution >= 0.6 is 0 Å². The second-order valence-electron chi connectivity index (χ2n) is 6.01. The van der Waals surface area contributed by atoms with Crippen LogP contribution in [0.25, 0.3) is 0 Å². The van der Waals surface area contributed by atoms with Gasteiger partial charge in [-0.1, -0.05) is 13.8 Å². The Kier molecular flexibility index (Phi) is 6.93. The number of nitrogens with one attached hydrogen (secondary N) is 1. The number of rotatable bonds is 6. The van der Waals surface area contributed by atoms with Crippen LogP contribution in [0.2, 0.25) is 0 Å². The van der Waals surface area contributed by atoms with E-state index in [1.807, 2.05) is 13.8 Å². The van der Waals surface area contributed by atoms with E-state index in [1.54, 1.807) is 0 Å². The summed E-state index contributed by atoms with van der Waals surface area (Å²) in [4.78, 5) is 12.1. The summed E-state index contributed by atoms with van der Waals surface area (Å²) in [5.74, 6) is -0.244. The van der Waals surface area contributed by atoms with Crippen molar-refractivity contribution in [2.24, 2.45) is 17.6 Å². The van der Waals surface area contributed by atoms with E-state index >= 15 is 0 Å². The zero-order valence-electron chi connectivity index (χ0n) is 12.6. The van der Waals surface area contributed by atoms with Gasteiger partial charge in [-0.25, -0.2) is 0 Å². The van der Waals surface area contributed by atoms with Crippen molar-refractivity contribution in [1.82, 2.24) is 5.32 Å². The summed E-state index contributed by atoms with van der Waals surface area (Å²) < 4.78 is 41.3. The molecular weight excluding hydrogens is 285 g/mol. The van der Waals surface area contributed by atoms with Gasteiger partial charge in [0.25, 0.3) is 0 Å². The minimum absolute atomic E-state index is 0.117. The molecular formula is C14H25F3N2O2. The molecule has 0 aromatic heterocycles. The third-order valence-corrected chi connectivity index (χ3v) is 3.85. The zero-order valence-corrected chi connectivity index (χ0v) is 12.6. The lowest BCUT2D eigenvalue weighted by Crippen LogP contribution is -2.46. The Morgan fingerprint density at radius 1 is 1.38 bits per heavy atom. The Bertz CT molecular complexity index is 335. The predicted molar refractivity (Wildman–Crippen MR) is 73.6 cm³/mol. The fraction of sp³-hybridized carbons (Fsp3) is 0.929. The summed E-state index contributed by atoms with van der Waals surface area (Å²) in [7, 11) is 0. The molecule has 1 amide bonds. The first-order valence-corrected chi connectivity index (χ1v) is 7.41. The smallest absolute Gasteiger partial charge is 0.369 e. The molecule has 3 unspecified atom stereocenters. The van der Waals surface area contributed by atoms with Gasteiger partial charge in [0, 0.05) is 12.6 Å². The maximum atomic E-state index is 12.1. The molecule has 0 spiro atoms. The molecule has 0 saturated heterocycles. The number of alkyl halides is 3. The van der Waals surface area contributed by atoms with Crippen molar-refractivity contribution < 1.29 is 22.7 Å². The van der Waals surface area contributed by atoms with E-state index < -0.39 is 18.9 Å². The van der Waals surface area contributed by atoms with Gasteiger partial charge in [0.05, 0.1) is 12.0 Å². The molecule has 1 saturated carbocycles. The normalized spacial score (nSPS) is 24.9. The van der Waals surface area contributed by atoms with E-state index in [9.17, 15) is 18.0 Å². The molecule has 21 heavy (non-hydrogen) atoms. The number of nitrogens with two attached hydrogens (primary N) is 1. The Labute approximate surface area is 123 Å². The molecule has 3 N–H and O–H groups in total. The fourth-order valence-corrected chi connectivity index (χ4v) is 2.63. The predicted octanol–water partition coefficient (Wildman–Crippen LogP) is 2.22. The summed E-state index contributed by atoms with van der Waals surface area (Å²) in [5.41, 5.74) is 5.59. The topological polar surface area (TPSA) is 64.4 Å². The summed E-state index contributed by atoms with van der Waals surface area (Å²) in [6.45, 7) is 2.89.